The molecule has 1 N–H and O–H groups in total. The highest BCUT2D eigenvalue weighted by Gasteiger charge is 2.23. The first kappa shape index (κ1) is 13.8. The van der Waals surface area contributed by atoms with Gasteiger partial charge in [0, 0.05) is 0 Å². The fourth-order valence-electron chi connectivity index (χ4n) is 1.29. The molecule has 0 aromatic heterocycles. The van der Waals surface area contributed by atoms with Gasteiger partial charge in [0.1, 0.15) is 0 Å². The zero-order chi connectivity index (χ0) is 13.7. The minimum Gasteiger partial charge on any atom is -0.484 e. The van der Waals surface area contributed by atoms with Gasteiger partial charge < -0.3 is 14.6 Å². The van der Waals surface area contributed by atoms with Crippen LogP contribution in [0.3, 0.4) is 0 Å². The largest absolute Gasteiger partial charge is 0.484 e. The van der Waals surface area contributed by atoms with Crippen LogP contribution in [0, 0.1) is 10.1 Å². The van der Waals surface area contributed by atoms with E-state index < -0.39 is 17.5 Å². The van der Waals surface area contributed by atoms with E-state index in [1.165, 1.54) is 18.2 Å². The Morgan fingerprint density at radius 3 is 2.56 bits per heavy atom. The minimum atomic E-state index is -1.21. The summed E-state index contributed by atoms with van der Waals surface area (Å²) in [5, 5.41) is 19.5. The first-order valence-corrected chi connectivity index (χ1v) is 5.20. The molecule has 0 unspecified atom stereocenters. The molecule has 0 radical (unpaired) electrons. The molecular weight excluding hydrogens is 242 g/mol. The Hall–Kier alpha value is -2.31. The Morgan fingerprint density at radius 1 is 1.44 bits per heavy atom. The molecule has 98 valence electrons. The van der Waals surface area contributed by atoms with Gasteiger partial charge in [-0.25, -0.2) is 4.79 Å². The molecular formula is C11H13NO6. The predicted octanol–water partition coefficient (Wildman–Crippen LogP) is 1.85. The Labute approximate surface area is 103 Å². The number of ether oxygens (including phenoxy) is 2. The number of para-hydroxylation sites is 1. The van der Waals surface area contributed by atoms with Crippen molar-refractivity contribution in [3.63, 3.8) is 0 Å². The lowest BCUT2D eigenvalue weighted by atomic mass is 10.2. The van der Waals surface area contributed by atoms with Gasteiger partial charge in [-0.05, 0) is 26.0 Å². The maximum Gasteiger partial charge on any atom is 0.352 e. The average Bonchev–Trinajstić information content (AvgIpc) is 2.25. The molecule has 0 saturated carbocycles. The minimum absolute atomic E-state index is 0.0536. The van der Waals surface area contributed by atoms with Crippen LogP contribution < -0.4 is 9.47 Å². The molecule has 18 heavy (non-hydrogen) atoms. The fourth-order valence-corrected chi connectivity index (χ4v) is 1.29. The number of carbonyl (C=O) groups is 1. The third-order valence-electron chi connectivity index (χ3n) is 1.86. The summed E-state index contributed by atoms with van der Waals surface area (Å²) >= 11 is 0. The molecule has 0 aliphatic rings. The summed E-state index contributed by atoms with van der Waals surface area (Å²) < 4.78 is 10.1. The maximum absolute atomic E-state index is 11.0. The van der Waals surface area contributed by atoms with E-state index in [0.29, 0.717) is 0 Å². The van der Waals surface area contributed by atoms with E-state index in [4.69, 9.17) is 14.6 Å². The van der Waals surface area contributed by atoms with Crippen molar-refractivity contribution in [3.8, 4) is 11.5 Å². The van der Waals surface area contributed by atoms with E-state index in [-0.39, 0.29) is 23.3 Å². The van der Waals surface area contributed by atoms with Crippen LogP contribution in [-0.4, -0.2) is 28.7 Å². The van der Waals surface area contributed by atoms with Gasteiger partial charge in [0.2, 0.25) is 11.5 Å². The summed E-state index contributed by atoms with van der Waals surface area (Å²) in [6.07, 6.45) is -0.238. The van der Waals surface area contributed by atoms with Crippen LogP contribution in [0.1, 0.15) is 13.8 Å². The number of aliphatic carboxylic acids is 1. The van der Waals surface area contributed by atoms with Crippen molar-refractivity contribution in [3.05, 3.63) is 28.3 Å². The number of hydrogen-bond acceptors (Lipinski definition) is 5. The number of nitrogens with zero attached hydrogens (tertiary/aromatic N) is 1. The maximum atomic E-state index is 11.0. The molecule has 1 rings (SSSR count). The molecule has 0 heterocycles. The zero-order valence-corrected chi connectivity index (χ0v) is 9.95. The molecule has 0 saturated heterocycles. The van der Waals surface area contributed by atoms with Crippen LogP contribution in [0.5, 0.6) is 11.5 Å². The van der Waals surface area contributed by atoms with Crippen LogP contribution in [-0.2, 0) is 4.79 Å². The Balaban J connectivity index is 3.09. The van der Waals surface area contributed by atoms with Gasteiger partial charge >= 0.3 is 11.7 Å². The van der Waals surface area contributed by atoms with Gasteiger partial charge in [0.25, 0.3) is 0 Å². The lowest BCUT2D eigenvalue weighted by Crippen LogP contribution is -2.12. The van der Waals surface area contributed by atoms with Crippen molar-refractivity contribution in [2.24, 2.45) is 0 Å². The van der Waals surface area contributed by atoms with Gasteiger partial charge in [-0.1, -0.05) is 6.07 Å². The smallest absolute Gasteiger partial charge is 0.352 e. The molecule has 0 aliphatic heterocycles. The van der Waals surface area contributed by atoms with Crippen LogP contribution >= 0.6 is 0 Å². The number of benzene rings is 1. The second-order valence-electron chi connectivity index (χ2n) is 3.71. The predicted molar refractivity (Wildman–Crippen MR) is 62.0 cm³/mol. The van der Waals surface area contributed by atoms with Crippen LogP contribution in [0.4, 0.5) is 5.69 Å². The monoisotopic (exact) mass is 255 g/mol. The van der Waals surface area contributed by atoms with Crippen LogP contribution in [0.2, 0.25) is 0 Å². The number of carboxylic acids is 1. The van der Waals surface area contributed by atoms with Crippen molar-refractivity contribution in [2.75, 3.05) is 6.61 Å². The molecule has 7 heteroatoms. The Bertz CT molecular complexity index is 457. The molecule has 0 aliphatic carbocycles. The van der Waals surface area contributed by atoms with E-state index in [0.717, 1.165) is 0 Å². The molecule has 7 nitrogen and oxygen atoms in total. The Morgan fingerprint density at radius 2 is 2.06 bits per heavy atom. The van der Waals surface area contributed by atoms with Crippen molar-refractivity contribution >= 4 is 11.7 Å². The summed E-state index contributed by atoms with van der Waals surface area (Å²) in [5.74, 6) is -1.28. The summed E-state index contributed by atoms with van der Waals surface area (Å²) in [7, 11) is 0. The normalized spacial score (nSPS) is 10.2. The van der Waals surface area contributed by atoms with Crippen molar-refractivity contribution < 1.29 is 24.3 Å². The SMILES string of the molecule is CC(C)Oc1cccc(OCC(=O)O)c1[N+](=O)[O-]. The highest BCUT2D eigenvalue weighted by Crippen LogP contribution is 2.36. The number of nitro groups is 1. The third-order valence-corrected chi connectivity index (χ3v) is 1.86. The third kappa shape index (κ3) is 3.62. The molecule has 0 spiro atoms. The fraction of sp³-hybridized carbons (Fsp3) is 0.364. The number of carboxylic acid groups (broad SMARTS) is 1. The van der Waals surface area contributed by atoms with Crippen molar-refractivity contribution in [1.82, 2.24) is 0 Å². The van der Waals surface area contributed by atoms with Gasteiger partial charge in [-0.15, -0.1) is 0 Å². The second kappa shape index (κ2) is 5.85. The van der Waals surface area contributed by atoms with Crippen LogP contribution in [0.15, 0.2) is 18.2 Å². The summed E-state index contributed by atoms with van der Waals surface area (Å²) in [5.41, 5.74) is -0.368. The second-order valence-corrected chi connectivity index (χ2v) is 3.71. The van der Waals surface area contributed by atoms with Gasteiger partial charge in [0.05, 0.1) is 11.0 Å². The topological polar surface area (TPSA) is 98.9 Å². The zero-order valence-electron chi connectivity index (χ0n) is 9.95. The first-order valence-electron chi connectivity index (χ1n) is 5.20. The highest BCUT2D eigenvalue weighted by molar-refractivity contribution is 5.69. The van der Waals surface area contributed by atoms with Gasteiger partial charge in [0.15, 0.2) is 6.61 Å². The number of hydrogen-bond donors (Lipinski definition) is 1. The van der Waals surface area contributed by atoms with E-state index in [1.54, 1.807) is 13.8 Å². The highest BCUT2D eigenvalue weighted by atomic mass is 16.6. The van der Waals surface area contributed by atoms with E-state index >= 15 is 0 Å². The first-order chi connectivity index (χ1) is 8.41. The summed E-state index contributed by atoms with van der Waals surface area (Å²) in [4.78, 5) is 20.7. The summed E-state index contributed by atoms with van der Waals surface area (Å²) in [6.45, 7) is 2.81. The summed E-state index contributed by atoms with van der Waals surface area (Å²) in [6, 6.07) is 4.27. The molecule has 0 bridgehead atoms. The van der Waals surface area contributed by atoms with E-state index in [1.807, 2.05) is 0 Å². The standard InChI is InChI=1S/C11H13NO6/c1-7(2)18-9-5-3-4-8(11(9)12(15)16)17-6-10(13)14/h3-5,7H,6H2,1-2H3,(H,13,14). The Kier molecular flexibility index (Phi) is 4.47. The quantitative estimate of drug-likeness (QED) is 0.615. The van der Waals surface area contributed by atoms with E-state index in [9.17, 15) is 14.9 Å². The molecule has 1 aromatic rings. The average molecular weight is 255 g/mol. The van der Waals surface area contributed by atoms with Crippen molar-refractivity contribution in [2.45, 2.75) is 20.0 Å². The molecule has 0 amide bonds. The van der Waals surface area contributed by atoms with Gasteiger partial charge in [-0.2, -0.15) is 0 Å². The molecule has 0 atom stereocenters. The lowest BCUT2D eigenvalue weighted by molar-refractivity contribution is -0.387. The molecule has 1 aromatic carbocycles. The van der Waals surface area contributed by atoms with Crippen molar-refractivity contribution in [1.29, 1.82) is 0 Å². The molecule has 0 fully saturated rings. The van der Waals surface area contributed by atoms with Gasteiger partial charge in [-0.3, -0.25) is 10.1 Å². The number of nitro benzene ring substituents is 1. The lowest BCUT2D eigenvalue weighted by Gasteiger charge is -2.11. The van der Waals surface area contributed by atoms with E-state index in [2.05, 4.69) is 0 Å². The number of rotatable bonds is 6. The van der Waals surface area contributed by atoms with Crippen LogP contribution in [0.25, 0.3) is 0 Å².